The third-order valence-corrected chi connectivity index (χ3v) is 3.41. The standard InChI is InChI=1S/C15H7ClFN3O2/c16-14-10(17)5-9-12(21)6-13(22)20(15(9)19-14)11-4-2-1-3-8(11)7-18/h1-6,21H. The number of nitrogens with zero attached hydrogens (tertiary/aromatic N) is 3. The summed E-state index contributed by atoms with van der Waals surface area (Å²) in [7, 11) is 0. The van der Waals surface area contributed by atoms with Crippen molar-refractivity contribution in [1.82, 2.24) is 9.55 Å². The van der Waals surface area contributed by atoms with Crippen molar-refractivity contribution >= 4 is 22.6 Å². The SMILES string of the molecule is N#Cc1ccccc1-n1c(=O)cc(O)c2cc(F)c(Cl)nc21. The van der Waals surface area contributed by atoms with Crippen LogP contribution in [0.3, 0.4) is 0 Å². The number of rotatable bonds is 1. The number of hydrogen-bond donors (Lipinski definition) is 1. The fourth-order valence-electron chi connectivity index (χ4n) is 2.18. The molecule has 2 heterocycles. The summed E-state index contributed by atoms with van der Waals surface area (Å²) in [5, 5.41) is 18.6. The van der Waals surface area contributed by atoms with Gasteiger partial charge in [-0.3, -0.25) is 9.36 Å². The van der Waals surface area contributed by atoms with Crippen molar-refractivity contribution in [2.45, 2.75) is 0 Å². The van der Waals surface area contributed by atoms with E-state index in [1.807, 2.05) is 6.07 Å². The van der Waals surface area contributed by atoms with Crippen LogP contribution >= 0.6 is 11.6 Å². The average Bonchev–Trinajstić information content (AvgIpc) is 2.50. The lowest BCUT2D eigenvalue weighted by Crippen LogP contribution is -2.19. The van der Waals surface area contributed by atoms with Crippen LogP contribution < -0.4 is 5.56 Å². The maximum absolute atomic E-state index is 13.6. The van der Waals surface area contributed by atoms with Gasteiger partial charge in [-0.15, -0.1) is 0 Å². The Labute approximate surface area is 128 Å². The van der Waals surface area contributed by atoms with Gasteiger partial charge in [0.1, 0.15) is 11.8 Å². The van der Waals surface area contributed by atoms with Crippen molar-refractivity contribution in [1.29, 1.82) is 5.26 Å². The topological polar surface area (TPSA) is 78.9 Å². The molecule has 108 valence electrons. The number of halogens is 2. The van der Waals surface area contributed by atoms with Gasteiger partial charge in [0, 0.05) is 6.07 Å². The number of nitriles is 1. The minimum atomic E-state index is -0.816. The van der Waals surface area contributed by atoms with E-state index in [2.05, 4.69) is 4.98 Å². The molecule has 0 bridgehead atoms. The molecule has 1 N–H and O–H groups in total. The molecule has 5 nitrogen and oxygen atoms in total. The zero-order valence-corrected chi connectivity index (χ0v) is 11.7. The first-order valence-corrected chi connectivity index (χ1v) is 6.51. The Kier molecular flexibility index (Phi) is 3.28. The van der Waals surface area contributed by atoms with Crippen LogP contribution in [-0.4, -0.2) is 14.7 Å². The minimum Gasteiger partial charge on any atom is -0.507 e. The molecule has 0 aliphatic carbocycles. The normalized spacial score (nSPS) is 10.6. The van der Waals surface area contributed by atoms with Crippen molar-refractivity contribution in [3.63, 3.8) is 0 Å². The Balaban J connectivity index is 2.52. The van der Waals surface area contributed by atoms with Crippen LogP contribution in [0.4, 0.5) is 4.39 Å². The second-order valence-electron chi connectivity index (χ2n) is 4.46. The van der Waals surface area contributed by atoms with E-state index in [9.17, 15) is 19.6 Å². The van der Waals surface area contributed by atoms with E-state index in [4.69, 9.17) is 11.6 Å². The third-order valence-electron chi connectivity index (χ3n) is 3.15. The van der Waals surface area contributed by atoms with Gasteiger partial charge in [-0.25, -0.2) is 9.37 Å². The molecule has 0 saturated heterocycles. The molecule has 0 fully saturated rings. The Bertz CT molecular complexity index is 1010. The summed E-state index contributed by atoms with van der Waals surface area (Å²) in [6.07, 6.45) is 0. The van der Waals surface area contributed by atoms with Crippen molar-refractivity contribution in [2.24, 2.45) is 0 Å². The molecule has 0 amide bonds. The molecule has 0 saturated carbocycles. The van der Waals surface area contributed by atoms with Gasteiger partial charge in [-0.1, -0.05) is 23.7 Å². The summed E-state index contributed by atoms with van der Waals surface area (Å²) < 4.78 is 14.7. The number of aromatic nitrogens is 2. The van der Waals surface area contributed by atoms with Gasteiger partial charge >= 0.3 is 0 Å². The van der Waals surface area contributed by atoms with Crippen LogP contribution in [-0.2, 0) is 0 Å². The van der Waals surface area contributed by atoms with Crippen molar-refractivity contribution in [2.75, 3.05) is 0 Å². The van der Waals surface area contributed by atoms with E-state index in [1.54, 1.807) is 18.2 Å². The van der Waals surface area contributed by atoms with E-state index in [1.165, 1.54) is 6.07 Å². The predicted molar refractivity (Wildman–Crippen MR) is 78.7 cm³/mol. The average molecular weight is 316 g/mol. The third kappa shape index (κ3) is 2.08. The summed E-state index contributed by atoms with van der Waals surface area (Å²) in [5.74, 6) is -1.23. The van der Waals surface area contributed by atoms with E-state index in [-0.39, 0.29) is 22.3 Å². The number of fused-ring (bicyclic) bond motifs is 1. The van der Waals surface area contributed by atoms with Crippen molar-refractivity contribution in [3.8, 4) is 17.5 Å². The summed E-state index contributed by atoms with van der Waals surface area (Å²) >= 11 is 5.68. The second-order valence-corrected chi connectivity index (χ2v) is 4.82. The van der Waals surface area contributed by atoms with Crippen LogP contribution in [0, 0.1) is 17.1 Å². The van der Waals surface area contributed by atoms with E-state index in [0.717, 1.165) is 16.7 Å². The predicted octanol–water partition coefficient (Wildman–Crippen LogP) is 2.76. The fraction of sp³-hybridized carbons (Fsp3) is 0. The molecule has 0 aliphatic rings. The van der Waals surface area contributed by atoms with E-state index >= 15 is 0 Å². The summed E-state index contributed by atoms with van der Waals surface area (Å²) in [6, 6.07) is 10.3. The van der Waals surface area contributed by atoms with Gasteiger partial charge in [0.15, 0.2) is 16.6 Å². The van der Waals surface area contributed by atoms with Gasteiger partial charge in [-0.2, -0.15) is 5.26 Å². The number of para-hydroxylation sites is 1. The van der Waals surface area contributed by atoms with Gasteiger partial charge in [0.05, 0.1) is 16.6 Å². The summed E-state index contributed by atoms with van der Waals surface area (Å²) in [4.78, 5) is 16.1. The number of pyridine rings is 2. The summed E-state index contributed by atoms with van der Waals surface area (Å²) in [6.45, 7) is 0. The Morgan fingerprint density at radius 2 is 2.05 bits per heavy atom. The minimum absolute atomic E-state index is 0.0224. The van der Waals surface area contributed by atoms with Crippen molar-refractivity contribution < 1.29 is 9.50 Å². The molecule has 3 aromatic rings. The molecule has 0 aliphatic heterocycles. The smallest absolute Gasteiger partial charge is 0.260 e. The molecule has 0 spiro atoms. The quantitative estimate of drug-likeness (QED) is 0.700. The zero-order valence-electron chi connectivity index (χ0n) is 10.9. The maximum Gasteiger partial charge on any atom is 0.260 e. The molecule has 0 unspecified atom stereocenters. The summed E-state index contributed by atoms with van der Waals surface area (Å²) in [5.41, 5.74) is -0.129. The van der Waals surface area contributed by atoms with Crippen LogP contribution in [0.2, 0.25) is 5.15 Å². The number of hydrogen-bond acceptors (Lipinski definition) is 4. The highest BCUT2D eigenvalue weighted by atomic mass is 35.5. The van der Waals surface area contributed by atoms with Gasteiger partial charge < -0.3 is 5.11 Å². The lowest BCUT2D eigenvalue weighted by molar-refractivity contribution is 0.479. The van der Waals surface area contributed by atoms with Crippen LogP contribution in [0.25, 0.3) is 16.7 Å². The Morgan fingerprint density at radius 3 is 2.77 bits per heavy atom. The zero-order chi connectivity index (χ0) is 15.9. The maximum atomic E-state index is 13.6. The van der Waals surface area contributed by atoms with Gasteiger partial charge in [0.2, 0.25) is 0 Å². The Hall–Kier alpha value is -2.91. The molecule has 2 aromatic heterocycles. The molecule has 1 aromatic carbocycles. The lowest BCUT2D eigenvalue weighted by Gasteiger charge is -2.12. The number of benzene rings is 1. The molecule has 0 atom stereocenters. The molecule has 22 heavy (non-hydrogen) atoms. The van der Waals surface area contributed by atoms with Crippen molar-refractivity contribution in [3.05, 3.63) is 63.3 Å². The lowest BCUT2D eigenvalue weighted by atomic mass is 10.1. The van der Waals surface area contributed by atoms with Gasteiger partial charge in [-0.05, 0) is 18.2 Å². The monoisotopic (exact) mass is 315 g/mol. The molecular formula is C15H7ClFN3O2. The first kappa shape index (κ1) is 14.0. The van der Waals surface area contributed by atoms with E-state index in [0.29, 0.717) is 0 Å². The first-order valence-electron chi connectivity index (χ1n) is 6.13. The van der Waals surface area contributed by atoms with Crippen LogP contribution in [0.15, 0.2) is 41.2 Å². The highest BCUT2D eigenvalue weighted by Gasteiger charge is 2.16. The fourth-order valence-corrected chi connectivity index (χ4v) is 2.31. The molecular weight excluding hydrogens is 309 g/mol. The van der Waals surface area contributed by atoms with Crippen LogP contribution in [0.1, 0.15) is 5.56 Å². The van der Waals surface area contributed by atoms with Crippen LogP contribution in [0.5, 0.6) is 5.75 Å². The molecule has 7 heteroatoms. The number of aromatic hydroxyl groups is 1. The Morgan fingerprint density at radius 1 is 1.32 bits per heavy atom. The first-order chi connectivity index (χ1) is 10.5. The largest absolute Gasteiger partial charge is 0.507 e. The highest BCUT2D eigenvalue weighted by molar-refractivity contribution is 6.30. The van der Waals surface area contributed by atoms with E-state index < -0.39 is 22.3 Å². The second kappa shape index (κ2) is 5.13. The molecule has 3 rings (SSSR count). The highest BCUT2D eigenvalue weighted by Crippen LogP contribution is 2.27. The molecule has 0 radical (unpaired) electrons. The van der Waals surface area contributed by atoms with Gasteiger partial charge in [0.25, 0.3) is 5.56 Å².